The van der Waals surface area contributed by atoms with Crippen LogP contribution in [0.25, 0.3) is 0 Å². The Morgan fingerprint density at radius 2 is 1.85 bits per heavy atom. The number of ether oxygens (including phenoxy) is 1. The molecule has 2 spiro atoms. The van der Waals surface area contributed by atoms with E-state index in [4.69, 9.17) is 4.74 Å². The average Bonchev–Trinajstić information content (AvgIpc) is 3.19. The van der Waals surface area contributed by atoms with Gasteiger partial charge in [0.15, 0.2) is 5.78 Å². The zero-order valence-corrected chi connectivity index (χ0v) is 16.6. The molecule has 6 rings (SSSR count). The van der Waals surface area contributed by atoms with Crippen molar-refractivity contribution < 1.29 is 14.3 Å². The van der Waals surface area contributed by atoms with Gasteiger partial charge in [0.25, 0.3) is 0 Å². The van der Waals surface area contributed by atoms with Gasteiger partial charge in [-0.3, -0.25) is 9.59 Å². The Bertz CT molecular complexity index is 817. The van der Waals surface area contributed by atoms with Crippen LogP contribution < -0.4 is 0 Å². The Kier molecular flexibility index (Phi) is 2.93. The molecule has 3 heteroatoms. The Labute approximate surface area is 161 Å². The Balaban J connectivity index is 1.46. The van der Waals surface area contributed by atoms with Crippen molar-refractivity contribution in [2.24, 2.45) is 34.0 Å². The zero-order valence-electron chi connectivity index (χ0n) is 16.6. The van der Waals surface area contributed by atoms with Crippen molar-refractivity contribution in [1.29, 1.82) is 0 Å². The number of fused-ring (bicyclic) bond motifs is 7. The smallest absolute Gasteiger partial charge is 0.306 e. The van der Waals surface area contributed by atoms with Gasteiger partial charge >= 0.3 is 5.97 Å². The predicted molar refractivity (Wildman–Crippen MR) is 102 cm³/mol. The fourth-order valence-corrected chi connectivity index (χ4v) is 8.27. The number of ketones is 1. The van der Waals surface area contributed by atoms with Crippen molar-refractivity contribution in [3.05, 3.63) is 23.8 Å². The highest BCUT2D eigenvalue weighted by Crippen LogP contribution is 2.74. The van der Waals surface area contributed by atoms with Gasteiger partial charge in [0, 0.05) is 18.3 Å². The maximum absolute atomic E-state index is 12.2. The maximum Gasteiger partial charge on any atom is 0.306 e. The lowest BCUT2D eigenvalue weighted by Crippen LogP contribution is -2.54. The van der Waals surface area contributed by atoms with Crippen LogP contribution in [-0.2, 0) is 14.3 Å². The minimum atomic E-state index is -0.257. The van der Waals surface area contributed by atoms with E-state index < -0.39 is 0 Å². The van der Waals surface area contributed by atoms with Crippen molar-refractivity contribution >= 4 is 11.8 Å². The average molecular weight is 367 g/mol. The van der Waals surface area contributed by atoms with E-state index in [2.05, 4.69) is 26.0 Å². The van der Waals surface area contributed by atoms with E-state index in [1.54, 1.807) is 0 Å². The summed E-state index contributed by atoms with van der Waals surface area (Å²) in [7, 11) is 0. The Hall–Kier alpha value is -1.38. The van der Waals surface area contributed by atoms with E-state index >= 15 is 0 Å². The topological polar surface area (TPSA) is 43.4 Å². The van der Waals surface area contributed by atoms with Gasteiger partial charge in [-0.2, -0.15) is 0 Å². The SMILES string of the molecule is C[C@]12CCC(=O)C=C1C1(CC1)CC1C2C=C[C@@]2(C)C1CC[C@@]21CCC(=O)O1. The predicted octanol–water partition coefficient (Wildman–Crippen LogP) is 4.76. The second kappa shape index (κ2) is 4.78. The van der Waals surface area contributed by atoms with E-state index in [0.717, 1.165) is 19.3 Å². The summed E-state index contributed by atoms with van der Waals surface area (Å²) in [5, 5.41) is 0. The standard InChI is InChI=1S/C24H30O3/c1-21-7-3-15(25)13-19(21)23(11-12-23)14-16-17(21)4-8-22(2)18(16)5-9-24(22)10-6-20(26)27-24/h4,8,13,16-18H,3,5-7,9-12,14H2,1-2H3/t16?,17?,18?,21-,22+,24-/m1/s1. The maximum atomic E-state index is 12.2. The van der Waals surface area contributed by atoms with Crippen LogP contribution in [0, 0.1) is 34.0 Å². The van der Waals surface area contributed by atoms with Crippen LogP contribution in [0.4, 0.5) is 0 Å². The van der Waals surface area contributed by atoms with E-state index in [-0.39, 0.29) is 22.4 Å². The summed E-state index contributed by atoms with van der Waals surface area (Å²) in [6, 6.07) is 0. The van der Waals surface area contributed by atoms with Crippen LogP contribution >= 0.6 is 0 Å². The molecule has 144 valence electrons. The molecule has 5 aliphatic carbocycles. The third-order valence-electron chi connectivity index (χ3n) is 9.88. The van der Waals surface area contributed by atoms with E-state index in [9.17, 15) is 9.59 Å². The van der Waals surface area contributed by atoms with Gasteiger partial charge in [0.2, 0.25) is 0 Å². The fourth-order valence-electron chi connectivity index (χ4n) is 8.27. The number of carbonyl (C=O) groups is 2. The van der Waals surface area contributed by atoms with Gasteiger partial charge in [0.1, 0.15) is 5.60 Å². The van der Waals surface area contributed by atoms with Crippen molar-refractivity contribution in [3.8, 4) is 0 Å². The van der Waals surface area contributed by atoms with Gasteiger partial charge in [0.05, 0.1) is 0 Å². The number of rotatable bonds is 0. The van der Waals surface area contributed by atoms with Gasteiger partial charge in [-0.05, 0) is 79.6 Å². The molecule has 4 fully saturated rings. The van der Waals surface area contributed by atoms with E-state index in [0.29, 0.717) is 41.8 Å². The molecule has 0 aromatic carbocycles. The summed E-state index contributed by atoms with van der Waals surface area (Å²) in [5.41, 5.74) is 1.67. The summed E-state index contributed by atoms with van der Waals surface area (Å²) in [6.45, 7) is 4.81. The first-order valence-electron chi connectivity index (χ1n) is 11.0. The van der Waals surface area contributed by atoms with Gasteiger partial charge in [-0.15, -0.1) is 0 Å². The molecule has 0 bridgehead atoms. The largest absolute Gasteiger partial charge is 0.458 e. The summed E-state index contributed by atoms with van der Waals surface area (Å²) in [4.78, 5) is 24.2. The van der Waals surface area contributed by atoms with Crippen LogP contribution in [0.1, 0.15) is 71.6 Å². The highest BCUT2D eigenvalue weighted by Gasteiger charge is 2.69. The van der Waals surface area contributed by atoms with Crippen LogP contribution in [0.3, 0.4) is 0 Å². The quantitative estimate of drug-likeness (QED) is 0.458. The highest BCUT2D eigenvalue weighted by molar-refractivity contribution is 5.92. The normalized spacial score (nSPS) is 51.6. The minimum absolute atomic E-state index is 0.00215. The number of carbonyl (C=O) groups excluding carboxylic acids is 2. The second-order valence-electron chi connectivity index (χ2n) is 10.9. The summed E-state index contributed by atoms with van der Waals surface area (Å²) in [6.07, 6.45) is 16.1. The lowest BCUT2D eigenvalue weighted by atomic mass is 9.46. The number of hydrogen-bond acceptors (Lipinski definition) is 3. The first-order valence-corrected chi connectivity index (χ1v) is 11.0. The van der Waals surface area contributed by atoms with Crippen LogP contribution in [0.15, 0.2) is 23.8 Å². The van der Waals surface area contributed by atoms with Crippen molar-refractivity contribution in [3.63, 3.8) is 0 Å². The highest BCUT2D eigenvalue weighted by atomic mass is 16.6. The summed E-state index contributed by atoms with van der Waals surface area (Å²) >= 11 is 0. The number of hydrogen-bond donors (Lipinski definition) is 0. The zero-order chi connectivity index (χ0) is 18.7. The molecule has 1 heterocycles. The van der Waals surface area contributed by atoms with Crippen LogP contribution in [0.2, 0.25) is 0 Å². The minimum Gasteiger partial charge on any atom is -0.458 e. The lowest BCUT2D eigenvalue weighted by Gasteiger charge is -2.58. The Morgan fingerprint density at radius 3 is 2.56 bits per heavy atom. The molecule has 27 heavy (non-hydrogen) atoms. The molecule has 1 aliphatic heterocycles. The summed E-state index contributed by atoms with van der Waals surface area (Å²) < 4.78 is 6.03. The van der Waals surface area contributed by atoms with Crippen LogP contribution in [0.5, 0.6) is 0 Å². The molecule has 3 unspecified atom stereocenters. The molecule has 3 nitrogen and oxygen atoms in total. The molecule has 3 saturated carbocycles. The molecule has 0 radical (unpaired) electrons. The molecule has 1 saturated heterocycles. The number of esters is 1. The molecule has 0 aromatic rings. The molecule has 6 atom stereocenters. The van der Waals surface area contributed by atoms with Gasteiger partial charge in [-0.25, -0.2) is 0 Å². The Morgan fingerprint density at radius 1 is 1.04 bits per heavy atom. The fraction of sp³-hybridized carbons (Fsp3) is 0.750. The first kappa shape index (κ1) is 16.6. The molecule has 0 aromatic heterocycles. The van der Waals surface area contributed by atoms with Gasteiger partial charge < -0.3 is 4.74 Å². The van der Waals surface area contributed by atoms with Crippen molar-refractivity contribution in [2.75, 3.05) is 0 Å². The molecular formula is C24H30O3. The molecule has 6 aliphatic rings. The summed E-state index contributed by atoms with van der Waals surface area (Å²) in [5.74, 6) is 2.14. The second-order valence-corrected chi connectivity index (χ2v) is 10.9. The number of allylic oxidation sites excluding steroid dienone is 3. The van der Waals surface area contributed by atoms with E-state index in [1.807, 2.05) is 6.08 Å². The van der Waals surface area contributed by atoms with Crippen LogP contribution in [-0.4, -0.2) is 17.4 Å². The third-order valence-corrected chi connectivity index (χ3v) is 9.88. The molecule has 0 amide bonds. The third kappa shape index (κ3) is 1.85. The van der Waals surface area contributed by atoms with E-state index in [1.165, 1.54) is 31.3 Å². The molecule has 0 N–H and O–H groups in total. The molecular weight excluding hydrogens is 336 g/mol. The first-order chi connectivity index (χ1) is 12.8. The van der Waals surface area contributed by atoms with Crippen molar-refractivity contribution in [2.45, 2.75) is 77.2 Å². The monoisotopic (exact) mass is 366 g/mol. The lowest BCUT2D eigenvalue weighted by molar-refractivity contribution is -0.157. The van der Waals surface area contributed by atoms with Crippen molar-refractivity contribution in [1.82, 2.24) is 0 Å². The van der Waals surface area contributed by atoms with Gasteiger partial charge in [-0.1, -0.05) is 31.6 Å².